The van der Waals surface area contributed by atoms with Gasteiger partial charge >= 0.3 is 0 Å². The van der Waals surface area contributed by atoms with Crippen LogP contribution in [0.3, 0.4) is 0 Å². The Bertz CT molecular complexity index is 507. The molecule has 1 unspecified atom stereocenters. The van der Waals surface area contributed by atoms with Crippen LogP contribution in [-0.4, -0.2) is 0 Å². The molecule has 0 aromatic heterocycles. The lowest BCUT2D eigenvalue weighted by Gasteiger charge is -2.11. The van der Waals surface area contributed by atoms with Crippen LogP contribution in [0.25, 0.3) is 0 Å². The molecule has 2 N–H and O–H groups in total. The molecule has 0 amide bonds. The summed E-state index contributed by atoms with van der Waals surface area (Å²) >= 11 is 3.42. The average Bonchev–Trinajstić information content (AvgIpc) is 2.46. The maximum absolute atomic E-state index is 5.98. The van der Waals surface area contributed by atoms with Crippen LogP contribution in [0.15, 0.2) is 53.0 Å². The molecule has 2 aromatic rings. The van der Waals surface area contributed by atoms with Gasteiger partial charge in [0.1, 0.15) is 12.4 Å². The van der Waals surface area contributed by atoms with Gasteiger partial charge in [-0.3, -0.25) is 0 Å². The number of nitrogens with two attached hydrogens (primary N) is 1. The molecule has 2 rings (SSSR count). The van der Waals surface area contributed by atoms with E-state index in [1.54, 1.807) is 0 Å². The summed E-state index contributed by atoms with van der Waals surface area (Å²) in [5.74, 6) is 0.870. The highest BCUT2D eigenvalue weighted by atomic mass is 79.9. The Morgan fingerprint density at radius 3 is 2.26 bits per heavy atom. The Kier molecular flexibility index (Phi) is 5.00. The highest BCUT2D eigenvalue weighted by Gasteiger charge is 2.03. The number of benzene rings is 2. The van der Waals surface area contributed by atoms with Crippen LogP contribution in [0.4, 0.5) is 0 Å². The van der Waals surface area contributed by atoms with Crippen LogP contribution in [0, 0.1) is 0 Å². The standard InChI is InChI=1S/C16H18BrNO/c1-2-16(18)13-5-9-15(10-6-13)19-11-12-3-7-14(17)8-4-12/h3-10,16H,2,11,18H2,1H3. The summed E-state index contributed by atoms with van der Waals surface area (Å²) < 4.78 is 6.82. The van der Waals surface area contributed by atoms with E-state index < -0.39 is 0 Å². The molecular weight excluding hydrogens is 302 g/mol. The van der Waals surface area contributed by atoms with E-state index in [2.05, 4.69) is 22.9 Å². The van der Waals surface area contributed by atoms with E-state index in [0.717, 1.165) is 27.8 Å². The van der Waals surface area contributed by atoms with Crippen LogP contribution in [-0.2, 0) is 6.61 Å². The molecular formula is C16H18BrNO. The molecule has 0 fully saturated rings. The lowest BCUT2D eigenvalue weighted by molar-refractivity contribution is 0.306. The van der Waals surface area contributed by atoms with E-state index in [-0.39, 0.29) is 6.04 Å². The molecule has 100 valence electrons. The van der Waals surface area contributed by atoms with Gasteiger partial charge in [0.2, 0.25) is 0 Å². The molecule has 2 aromatic carbocycles. The van der Waals surface area contributed by atoms with Crippen molar-refractivity contribution in [1.82, 2.24) is 0 Å². The van der Waals surface area contributed by atoms with Crippen LogP contribution >= 0.6 is 15.9 Å². The van der Waals surface area contributed by atoms with Gasteiger partial charge in [-0.2, -0.15) is 0 Å². The number of halogens is 1. The Hall–Kier alpha value is -1.32. The second-order valence-corrected chi connectivity index (χ2v) is 5.41. The van der Waals surface area contributed by atoms with Crippen LogP contribution < -0.4 is 10.5 Å². The van der Waals surface area contributed by atoms with Crippen molar-refractivity contribution in [2.45, 2.75) is 26.0 Å². The first-order valence-electron chi connectivity index (χ1n) is 6.42. The quantitative estimate of drug-likeness (QED) is 0.884. The van der Waals surface area contributed by atoms with Crippen molar-refractivity contribution in [3.63, 3.8) is 0 Å². The highest BCUT2D eigenvalue weighted by Crippen LogP contribution is 2.19. The third kappa shape index (κ3) is 4.08. The largest absolute Gasteiger partial charge is 0.489 e. The zero-order valence-electron chi connectivity index (χ0n) is 11.0. The van der Waals surface area contributed by atoms with Gasteiger partial charge in [0.25, 0.3) is 0 Å². The summed E-state index contributed by atoms with van der Waals surface area (Å²) in [6, 6.07) is 16.3. The van der Waals surface area contributed by atoms with Crippen molar-refractivity contribution in [3.05, 3.63) is 64.1 Å². The molecule has 0 radical (unpaired) electrons. The van der Waals surface area contributed by atoms with Gasteiger partial charge in [0.05, 0.1) is 0 Å². The van der Waals surface area contributed by atoms with E-state index >= 15 is 0 Å². The molecule has 0 aliphatic rings. The molecule has 2 nitrogen and oxygen atoms in total. The minimum Gasteiger partial charge on any atom is -0.489 e. The first-order valence-corrected chi connectivity index (χ1v) is 7.21. The van der Waals surface area contributed by atoms with Gasteiger partial charge in [-0.15, -0.1) is 0 Å². The molecule has 3 heteroatoms. The number of ether oxygens (including phenoxy) is 1. The predicted octanol–water partition coefficient (Wildman–Crippen LogP) is 4.44. The zero-order valence-corrected chi connectivity index (χ0v) is 12.6. The second kappa shape index (κ2) is 6.73. The topological polar surface area (TPSA) is 35.2 Å². The molecule has 0 aliphatic carbocycles. The normalized spacial score (nSPS) is 12.2. The minimum atomic E-state index is 0.112. The third-order valence-electron chi connectivity index (χ3n) is 3.07. The molecule has 1 atom stereocenters. The SMILES string of the molecule is CCC(N)c1ccc(OCc2ccc(Br)cc2)cc1. The van der Waals surface area contributed by atoms with Gasteiger partial charge in [-0.25, -0.2) is 0 Å². The maximum Gasteiger partial charge on any atom is 0.119 e. The monoisotopic (exact) mass is 319 g/mol. The molecule has 0 saturated carbocycles. The zero-order chi connectivity index (χ0) is 13.7. The fourth-order valence-corrected chi connectivity index (χ4v) is 2.06. The van der Waals surface area contributed by atoms with Gasteiger partial charge < -0.3 is 10.5 Å². The first kappa shape index (κ1) is 14.1. The Morgan fingerprint density at radius 2 is 1.68 bits per heavy atom. The minimum absolute atomic E-state index is 0.112. The molecule has 0 bridgehead atoms. The van der Waals surface area contributed by atoms with Crippen molar-refractivity contribution >= 4 is 15.9 Å². The lowest BCUT2D eigenvalue weighted by Crippen LogP contribution is -2.08. The molecule has 0 aliphatic heterocycles. The average molecular weight is 320 g/mol. The molecule has 0 saturated heterocycles. The Labute approximate surface area is 122 Å². The highest BCUT2D eigenvalue weighted by molar-refractivity contribution is 9.10. The van der Waals surface area contributed by atoms with Crippen LogP contribution in [0.5, 0.6) is 5.75 Å². The van der Waals surface area contributed by atoms with Gasteiger partial charge in [-0.05, 0) is 41.8 Å². The molecule has 19 heavy (non-hydrogen) atoms. The smallest absolute Gasteiger partial charge is 0.119 e. The van der Waals surface area contributed by atoms with Crippen molar-refractivity contribution in [2.24, 2.45) is 5.73 Å². The third-order valence-corrected chi connectivity index (χ3v) is 3.60. The number of rotatable bonds is 5. The molecule has 0 spiro atoms. The predicted molar refractivity (Wildman–Crippen MR) is 82.1 cm³/mol. The van der Waals surface area contributed by atoms with E-state index in [1.165, 1.54) is 0 Å². The van der Waals surface area contributed by atoms with E-state index in [9.17, 15) is 0 Å². The van der Waals surface area contributed by atoms with Crippen molar-refractivity contribution in [2.75, 3.05) is 0 Å². The fourth-order valence-electron chi connectivity index (χ4n) is 1.79. The first-order chi connectivity index (χ1) is 9.19. The van der Waals surface area contributed by atoms with E-state index in [0.29, 0.717) is 6.61 Å². The number of hydrogen-bond donors (Lipinski definition) is 1. The van der Waals surface area contributed by atoms with E-state index in [1.807, 2.05) is 48.5 Å². The summed E-state index contributed by atoms with van der Waals surface area (Å²) in [7, 11) is 0. The lowest BCUT2D eigenvalue weighted by atomic mass is 10.1. The second-order valence-electron chi connectivity index (χ2n) is 4.50. The van der Waals surface area contributed by atoms with Gasteiger partial charge in [0.15, 0.2) is 0 Å². The van der Waals surface area contributed by atoms with Crippen LogP contribution in [0.2, 0.25) is 0 Å². The number of hydrogen-bond acceptors (Lipinski definition) is 2. The van der Waals surface area contributed by atoms with Gasteiger partial charge in [0, 0.05) is 10.5 Å². The summed E-state index contributed by atoms with van der Waals surface area (Å²) in [4.78, 5) is 0. The fraction of sp³-hybridized carbons (Fsp3) is 0.250. The van der Waals surface area contributed by atoms with Crippen molar-refractivity contribution in [3.8, 4) is 5.75 Å². The Morgan fingerprint density at radius 1 is 1.05 bits per heavy atom. The molecule has 0 heterocycles. The van der Waals surface area contributed by atoms with Crippen molar-refractivity contribution < 1.29 is 4.74 Å². The van der Waals surface area contributed by atoms with Crippen LogP contribution in [0.1, 0.15) is 30.5 Å². The summed E-state index contributed by atoms with van der Waals surface area (Å²) in [5, 5.41) is 0. The Balaban J connectivity index is 1.94. The summed E-state index contributed by atoms with van der Waals surface area (Å²) in [6.07, 6.45) is 0.944. The summed E-state index contributed by atoms with van der Waals surface area (Å²) in [6.45, 7) is 2.66. The van der Waals surface area contributed by atoms with E-state index in [4.69, 9.17) is 10.5 Å². The maximum atomic E-state index is 5.98. The van der Waals surface area contributed by atoms with Gasteiger partial charge in [-0.1, -0.05) is 47.1 Å². The summed E-state index contributed by atoms with van der Waals surface area (Å²) in [5.41, 5.74) is 8.28. The van der Waals surface area contributed by atoms with Crippen molar-refractivity contribution in [1.29, 1.82) is 0 Å².